The molecule has 0 spiro atoms. The molecule has 0 aromatic heterocycles. The number of fused-ring (bicyclic) bond motifs is 1. The first-order chi connectivity index (χ1) is 8.59. The van der Waals surface area contributed by atoms with Gasteiger partial charge in [0.1, 0.15) is 0 Å². The summed E-state index contributed by atoms with van der Waals surface area (Å²) in [5, 5.41) is 3.27. The molecular weight excluding hydrogens is 316 g/mol. The molecule has 6 heteroatoms. The van der Waals surface area contributed by atoms with Gasteiger partial charge in [0, 0.05) is 23.6 Å². The maximum atomic E-state index is 12.6. The van der Waals surface area contributed by atoms with E-state index in [2.05, 4.69) is 21.2 Å². The van der Waals surface area contributed by atoms with Crippen molar-refractivity contribution in [3.05, 3.63) is 28.7 Å². The van der Waals surface area contributed by atoms with Crippen LogP contribution in [0.25, 0.3) is 0 Å². The molecule has 3 rings (SSSR count). The van der Waals surface area contributed by atoms with Crippen LogP contribution in [0.3, 0.4) is 0 Å². The van der Waals surface area contributed by atoms with E-state index in [0.717, 1.165) is 24.0 Å². The van der Waals surface area contributed by atoms with E-state index in [-0.39, 0.29) is 6.04 Å². The normalized spacial score (nSPS) is 28.5. The van der Waals surface area contributed by atoms with E-state index < -0.39 is 10.0 Å². The van der Waals surface area contributed by atoms with Crippen LogP contribution in [0.15, 0.2) is 33.6 Å². The molecule has 2 atom stereocenters. The highest BCUT2D eigenvalue weighted by molar-refractivity contribution is 9.10. The van der Waals surface area contributed by atoms with Crippen LogP contribution >= 0.6 is 15.9 Å². The number of nitrogens with zero attached hydrogens (tertiary/aromatic N) is 1. The Morgan fingerprint density at radius 3 is 2.94 bits per heavy atom. The number of sulfonamides is 1. The molecule has 1 N–H and O–H groups in total. The zero-order valence-corrected chi connectivity index (χ0v) is 12.2. The predicted molar refractivity (Wildman–Crippen MR) is 72.8 cm³/mol. The Balaban J connectivity index is 1.95. The fraction of sp³-hybridized carbons (Fsp3) is 0.500. The van der Waals surface area contributed by atoms with Gasteiger partial charge in [0.05, 0.1) is 4.90 Å². The second-order valence-corrected chi connectivity index (χ2v) is 7.65. The van der Waals surface area contributed by atoms with Crippen molar-refractivity contribution in [2.75, 3.05) is 19.6 Å². The van der Waals surface area contributed by atoms with Crippen LogP contribution in [0.1, 0.15) is 6.42 Å². The highest BCUT2D eigenvalue weighted by atomic mass is 79.9. The molecule has 18 heavy (non-hydrogen) atoms. The lowest BCUT2D eigenvalue weighted by molar-refractivity contribution is 0.383. The summed E-state index contributed by atoms with van der Waals surface area (Å²) in [5.74, 6) is 0.479. The van der Waals surface area contributed by atoms with Crippen molar-refractivity contribution in [3.8, 4) is 0 Å². The lowest BCUT2D eigenvalue weighted by Crippen LogP contribution is -2.38. The summed E-state index contributed by atoms with van der Waals surface area (Å²) in [5.41, 5.74) is 0. The topological polar surface area (TPSA) is 49.4 Å². The Morgan fingerprint density at radius 2 is 2.17 bits per heavy atom. The molecule has 1 aromatic rings. The highest BCUT2D eigenvalue weighted by Gasteiger charge is 2.43. The predicted octanol–water partition coefficient (Wildman–Crippen LogP) is 1.43. The number of benzene rings is 1. The number of halogens is 1. The summed E-state index contributed by atoms with van der Waals surface area (Å²) in [6.45, 7) is 2.36. The van der Waals surface area contributed by atoms with Gasteiger partial charge >= 0.3 is 0 Å². The number of hydrogen-bond donors (Lipinski definition) is 1. The fourth-order valence-electron chi connectivity index (χ4n) is 2.87. The SMILES string of the molecule is O=S(=O)(c1cccc(Br)c1)N1CC[C@H]2CNC[C@H]21. The standard InChI is InChI=1S/C12H15BrN2O2S/c13-10-2-1-3-11(6-10)18(16,17)15-5-4-9-7-14-8-12(9)15/h1-3,6,9,12,14H,4-5,7-8H2/t9-,12+/m0/s1. The summed E-state index contributed by atoms with van der Waals surface area (Å²) in [4.78, 5) is 0.379. The molecule has 0 radical (unpaired) electrons. The molecule has 2 fully saturated rings. The quantitative estimate of drug-likeness (QED) is 0.892. The summed E-state index contributed by atoms with van der Waals surface area (Å²) >= 11 is 3.32. The van der Waals surface area contributed by atoms with Gasteiger partial charge in [-0.05, 0) is 37.1 Å². The number of hydrogen-bond acceptors (Lipinski definition) is 3. The molecular formula is C12H15BrN2O2S. The minimum absolute atomic E-state index is 0.133. The van der Waals surface area contributed by atoms with E-state index in [4.69, 9.17) is 0 Å². The van der Waals surface area contributed by atoms with Crippen LogP contribution in [0.5, 0.6) is 0 Å². The molecule has 0 saturated carbocycles. The van der Waals surface area contributed by atoms with Crippen molar-refractivity contribution in [3.63, 3.8) is 0 Å². The van der Waals surface area contributed by atoms with E-state index in [1.807, 2.05) is 6.07 Å². The van der Waals surface area contributed by atoms with Crippen molar-refractivity contribution in [2.24, 2.45) is 5.92 Å². The summed E-state index contributed by atoms with van der Waals surface area (Å²) in [6, 6.07) is 7.07. The largest absolute Gasteiger partial charge is 0.315 e. The number of nitrogens with one attached hydrogen (secondary N) is 1. The van der Waals surface area contributed by atoms with Gasteiger partial charge in [-0.1, -0.05) is 22.0 Å². The maximum absolute atomic E-state index is 12.6. The molecule has 1 aromatic carbocycles. The fourth-order valence-corrected chi connectivity index (χ4v) is 5.17. The van der Waals surface area contributed by atoms with Crippen LogP contribution in [0.4, 0.5) is 0 Å². The zero-order chi connectivity index (χ0) is 12.8. The molecule has 2 aliphatic heterocycles. The minimum atomic E-state index is -3.35. The molecule has 4 nitrogen and oxygen atoms in total. The smallest absolute Gasteiger partial charge is 0.243 e. The molecule has 0 aliphatic carbocycles. The minimum Gasteiger partial charge on any atom is -0.315 e. The second kappa shape index (κ2) is 4.59. The molecule has 0 bridgehead atoms. The van der Waals surface area contributed by atoms with Gasteiger partial charge in [0.2, 0.25) is 10.0 Å². The second-order valence-electron chi connectivity index (χ2n) is 4.85. The Bertz CT molecular complexity index is 561. The van der Waals surface area contributed by atoms with Crippen molar-refractivity contribution < 1.29 is 8.42 Å². The molecule has 2 saturated heterocycles. The van der Waals surface area contributed by atoms with Crippen LogP contribution < -0.4 is 5.32 Å². The molecule has 0 unspecified atom stereocenters. The van der Waals surface area contributed by atoms with Crippen molar-refractivity contribution in [1.29, 1.82) is 0 Å². The average molecular weight is 331 g/mol. The Hall–Kier alpha value is -0.430. The van der Waals surface area contributed by atoms with Gasteiger partial charge in [-0.25, -0.2) is 8.42 Å². The Morgan fingerprint density at radius 1 is 1.33 bits per heavy atom. The van der Waals surface area contributed by atoms with Crippen LogP contribution in [-0.4, -0.2) is 38.4 Å². The van der Waals surface area contributed by atoms with Crippen molar-refractivity contribution >= 4 is 26.0 Å². The summed E-state index contributed by atoms with van der Waals surface area (Å²) in [6.07, 6.45) is 0.963. The third kappa shape index (κ3) is 2.01. The van der Waals surface area contributed by atoms with E-state index in [1.54, 1.807) is 22.5 Å². The monoisotopic (exact) mass is 330 g/mol. The third-order valence-electron chi connectivity index (χ3n) is 3.80. The van der Waals surface area contributed by atoms with Gasteiger partial charge in [-0.15, -0.1) is 0 Å². The highest BCUT2D eigenvalue weighted by Crippen LogP contribution is 2.32. The third-order valence-corrected chi connectivity index (χ3v) is 6.21. The number of rotatable bonds is 2. The molecule has 98 valence electrons. The van der Waals surface area contributed by atoms with Gasteiger partial charge in [-0.2, -0.15) is 4.31 Å². The van der Waals surface area contributed by atoms with E-state index >= 15 is 0 Å². The first kappa shape index (κ1) is 12.6. The van der Waals surface area contributed by atoms with Gasteiger partial charge in [0.15, 0.2) is 0 Å². The van der Waals surface area contributed by atoms with Gasteiger partial charge in [-0.3, -0.25) is 0 Å². The van der Waals surface area contributed by atoms with Crippen molar-refractivity contribution in [2.45, 2.75) is 17.4 Å². The Labute approximate surface area is 116 Å². The lowest BCUT2D eigenvalue weighted by atomic mass is 10.1. The summed E-state index contributed by atoms with van der Waals surface area (Å²) < 4.78 is 27.7. The zero-order valence-electron chi connectivity index (χ0n) is 9.84. The van der Waals surface area contributed by atoms with E-state index in [0.29, 0.717) is 17.4 Å². The van der Waals surface area contributed by atoms with Gasteiger partial charge < -0.3 is 5.32 Å². The van der Waals surface area contributed by atoms with Crippen LogP contribution in [0.2, 0.25) is 0 Å². The first-order valence-electron chi connectivity index (χ1n) is 6.07. The Kier molecular flexibility index (Phi) is 3.21. The molecule has 2 heterocycles. The van der Waals surface area contributed by atoms with E-state index in [9.17, 15) is 8.42 Å². The summed E-state index contributed by atoms with van der Waals surface area (Å²) in [7, 11) is -3.35. The van der Waals surface area contributed by atoms with Crippen LogP contribution in [-0.2, 0) is 10.0 Å². The van der Waals surface area contributed by atoms with E-state index in [1.165, 1.54) is 0 Å². The van der Waals surface area contributed by atoms with Crippen LogP contribution in [0, 0.1) is 5.92 Å². The van der Waals surface area contributed by atoms with Gasteiger partial charge in [0.25, 0.3) is 0 Å². The average Bonchev–Trinajstić information content (AvgIpc) is 2.90. The molecule has 0 amide bonds. The maximum Gasteiger partial charge on any atom is 0.243 e. The lowest BCUT2D eigenvalue weighted by Gasteiger charge is -2.22. The molecule has 2 aliphatic rings. The first-order valence-corrected chi connectivity index (χ1v) is 8.30. The van der Waals surface area contributed by atoms with Crippen molar-refractivity contribution in [1.82, 2.24) is 9.62 Å².